The summed E-state index contributed by atoms with van der Waals surface area (Å²) in [5, 5.41) is 2.98. The van der Waals surface area contributed by atoms with Crippen molar-refractivity contribution in [2.75, 3.05) is 11.1 Å². The average Bonchev–Trinajstić information content (AvgIpc) is 2.38. The molecule has 0 aliphatic heterocycles. The van der Waals surface area contributed by atoms with Crippen LogP contribution in [0.15, 0.2) is 36.4 Å². The Hall–Kier alpha value is -2.07. The summed E-state index contributed by atoms with van der Waals surface area (Å²) < 4.78 is 0. The van der Waals surface area contributed by atoms with Gasteiger partial charge in [0.05, 0.1) is 0 Å². The van der Waals surface area contributed by atoms with Gasteiger partial charge < -0.3 is 11.1 Å². The number of rotatable bonds is 3. The number of carbonyl (C=O) groups excluding carboxylic acids is 1. The lowest BCUT2D eigenvalue weighted by Gasteiger charge is -2.07. The monoisotopic (exact) mass is 275 g/mol. The predicted molar refractivity (Wildman–Crippen MR) is 77.4 cm³/mol. The molecule has 1 heterocycles. The highest BCUT2D eigenvalue weighted by Crippen LogP contribution is 2.15. The summed E-state index contributed by atoms with van der Waals surface area (Å²) in [6, 6.07) is 10.6. The molecule has 0 saturated carbocycles. The van der Waals surface area contributed by atoms with Crippen LogP contribution in [0.1, 0.15) is 22.8 Å². The van der Waals surface area contributed by atoms with Crippen molar-refractivity contribution in [3.63, 3.8) is 0 Å². The number of halogens is 1. The Morgan fingerprint density at radius 1 is 1.32 bits per heavy atom. The van der Waals surface area contributed by atoms with E-state index in [-0.39, 0.29) is 16.9 Å². The third kappa shape index (κ3) is 3.45. The van der Waals surface area contributed by atoms with E-state index >= 15 is 0 Å². The fraction of sp³-hybridized carbons (Fsp3) is 0.143. The summed E-state index contributed by atoms with van der Waals surface area (Å²) >= 11 is 5.77. The van der Waals surface area contributed by atoms with Gasteiger partial charge in [-0.1, -0.05) is 30.7 Å². The molecule has 1 amide bonds. The Labute approximate surface area is 116 Å². The lowest BCUT2D eigenvalue weighted by molar-refractivity contribution is 0.102. The molecule has 0 atom stereocenters. The van der Waals surface area contributed by atoms with Crippen LogP contribution in [0.25, 0.3) is 0 Å². The van der Waals surface area contributed by atoms with Crippen LogP contribution in [0.2, 0.25) is 5.15 Å². The van der Waals surface area contributed by atoms with Crippen LogP contribution in [0, 0.1) is 0 Å². The number of hydrogen-bond donors (Lipinski definition) is 2. The molecule has 0 fully saturated rings. The molecule has 0 spiro atoms. The molecular weight excluding hydrogens is 262 g/mol. The van der Waals surface area contributed by atoms with E-state index in [1.54, 1.807) is 0 Å². The minimum atomic E-state index is -0.264. The van der Waals surface area contributed by atoms with E-state index in [9.17, 15) is 4.79 Å². The molecule has 0 aliphatic rings. The maximum absolute atomic E-state index is 12.0. The van der Waals surface area contributed by atoms with Gasteiger partial charge in [0.2, 0.25) is 0 Å². The van der Waals surface area contributed by atoms with Gasteiger partial charge in [0, 0.05) is 11.3 Å². The number of pyridine rings is 1. The Morgan fingerprint density at radius 3 is 2.58 bits per heavy atom. The third-order valence-electron chi connectivity index (χ3n) is 2.70. The first-order chi connectivity index (χ1) is 9.08. The molecule has 98 valence electrons. The molecule has 5 heteroatoms. The zero-order valence-corrected chi connectivity index (χ0v) is 11.2. The summed E-state index contributed by atoms with van der Waals surface area (Å²) in [6.07, 6.45) is 0.963. The minimum Gasteiger partial charge on any atom is -0.384 e. The van der Waals surface area contributed by atoms with E-state index in [1.807, 2.05) is 24.3 Å². The number of nitrogens with two attached hydrogens (primary N) is 1. The van der Waals surface area contributed by atoms with E-state index in [0.29, 0.717) is 5.56 Å². The predicted octanol–water partition coefficient (Wildman–Crippen LogP) is 3.13. The second-order valence-corrected chi connectivity index (χ2v) is 4.50. The van der Waals surface area contributed by atoms with Crippen molar-refractivity contribution in [3.8, 4) is 0 Å². The number of benzene rings is 1. The topological polar surface area (TPSA) is 68.0 Å². The second-order valence-electron chi connectivity index (χ2n) is 4.11. The van der Waals surface area contributed by atoms with E-state index in [0.717, 1.165) is 12.1 Å². The number of aromatic nitrogens is 1. The van der Waals surface area contributed by atoms with Gasteiger partial charge in [-0.2, -0.15) is 0 Å². The molecule has 1 aromatic heterocycles. The van der Waals surface area contributed by atoms with Crippen molar-refractivity contribution in [1.29, 1.82) is 0 Å². The molecule has 1 aromatic carbocycles. The Morgan fingerprint density at radius 2 is 2.00 bits per heavy atom. The number of anilines is 2. The van der Waals surface area contributed by atoms with Crippen molar-refractivity contribution in [2.24, 2.45) is 0 Å². The number of amides is 1. The van der Waals surface area contributed by atoms with Crippen LogP contribution in [0.3, 0.4) is 0 Å². The van der Waals surface area contributed by atoms with Gasteiger partial charge >= 0.3 is 0 Å². The van der Waals surface area contributed by atoms with Gasteiger partial charge in [-0.25, -0.2) is 4.98 Å². The molecule has 0 radical (unpaired) electrons. The van der Waals surface area contributed by atoms with Gasteiger partial charge in [-0.05, 0) is 36.2 Å². The molecule has 2 rings (SSSR count). The van der Waals surface area contributed by atoms with E-state index in [4.69, 9.17) is 17.3 Å². The van der Waals surface area contributed by atoms with E-state index < -0.39 is 0 Å². The lowest BCUT2D eigenvalue weighted by Crippen LogP contribution is -2.12. The summed E-state index contributed by atoms with van der Waals surface area (Å²) in [5.41, 5.74) is 7.89. The van der Waals surface area contributed by atoms with Crippen molar-refractivity contribution < 1.29 is 4.79 Å². The normalized spacial score (nSPS) is 10.2. The summed E-state index contributed by atoms with van der Waals surface area (Å²) in [4.78, 5) is 15.8. The van der Waals surface area contributed by atoms with Gasteiger partial charge in [-0.3, -0.25) is 4.79 Å². The Bertz CT molecular complexity index is 576. The number of nitrogen functional groups attached to an aromatic ring is 1. The van der Waals surface area contributed by atoms with Crippen LogP contribution >= 0.6 is 11.6 Å². The van der Waals surface area contributed by atoms with Gasteiger partial charge in [0.25, 0.3) is 5.91 Å². The Balaban J connectivity index is 2.15. The first-order valence-corrected chi connectivity index (χ1v) is 6.29. The molecule has 0 aliphatic carbocycles. The standard InChI is InChI=1S/C14H14ClN3O/c1-2-9-3-5-11(6-4-9)17-14(19)10-7-12(15)18-13(16)8-10/h3-8H,2H2,1H3,(H2,16,18)(H,17,19). The maximum atomic E-state index is 12.0. The van der Waals surface area contributed by atoms with Gasteiger partial charge in [0.1, 0.15) is 11.0 Å². The SMILES string of the molecule is CCc1ccc(NC(=O)c2cc(N)nc(Cl)c2)cc1. The third-order valence-corrected chi connectivity index (χ3v) is 2.89. The maximum Gasteiger partial charge on any atom is 0.255 e. The van der Waals surface area contributed by atoms with Crippen LogP contribution in [0.4, 0.5) is 11.5 Å². The van der Waals surface area contributed by atoms with E-state index in [1.165, 1.54) is 17.7 Å². The molecule has 0 bridgehead atoms. The number of hydrogen-bond acceptors (Lipinski definition) is 3. The minimum absolute atomic E-state index is 0.200. The summed E-state index contributed by atoms with van der Waals surface area (Å²) in [6.45, 7) is 2.08. The smallest absolute Gasteiger partial charge is 0.255 e. The summed E-state index contributed by atoms with van der Waals surface area (Å²) in [7, 11) is 0. The van der Waals surface area contributed by atoms with Crippen LogP contribution in [-0.4, -0.2) is 10.9 Å². The summed E-state index contributed by atoms with van der Waals surface area (Å²) in [5.74, 6) is -0.0424. The van der Waals surface area contributed by atoms with Crippen LogP contribution < -0.4 is 11.1 Å². The first kappa shape index (κ1) is 13.4. The van der Waals surface area contributed by atoms with E-state index in [2.05, 4.69) is 17.2 Å². The Kier molecular flexibility index (Phi) is 4.02. The zero-order valence-electron chi connectivity index (χ0n) is 10.5. The fourth-order valence-electron chi connectivity index (χ4n) is 1.68. The first-order valence-electron chi connectivity index (χ1n) is 5.92. The van der Waals surface area contributed by atoms with Crippen molar-refractivity contribution in [1.82, 2.24) is 4.98 Å². The lowest BCUT2D eigenvalue weighted by atomic mass is 10.1. The fourth-order valence-corrected chi connectivity index (χ4v) is 1.89. The van der Waals surface area contributed by atoms with Crippen molar-refractivity contribution in [3.05, 3.63) is 52.7 Å². The molecule has 2 aromatic rings. The number of nitrogens with zero attached hydrogens (tertiary/aromatic N) is 1. The van der Waals surface area contributed by atoms with Crippen molar-refractivity contribution >= 4 is 29.0 Å². The largest absolute Gasteiger partial charge is 0.384 e. The molecule has 3 N–H and O–H groups in total. The highest BCUT2D eigenvalue weighted by molar-refractivity contribution is 6.30. The highest BCUT2D eigenvalue weighted by atomic mass is 35.5. The van der Waals surface area contributed by atoms with Crippen LogP contribution in [0.5, 0.6) is 0 Å². The average molecular weight is 276 g/mol. The van der Waals surface area contributed by atoms with Crippen LogP contribution in [-0.2, 0) is 6.42 Å². The molecule has 4 nitrogen and oxygen atoms in total. The highest BCUT2D eigenvalue weighted by Gasteiger charge is 2.08. The zero-order chi connectivity index (χ0) is 13.8. The number of nitrogens with one attached hydrogen (secondary N) is 1. The van der Waals surface area contributed by atoms with Gasteiger partial charge in [0.15, 0.2) is 0 Å². The molecule has 0 unspecified atom stereocenters. The quantitative estimate of drug-likeness (QED) is 0.846. The molecule has 19 heavy (non-hydrogen) atoms. The molecule has 0 saturated heterocycles. The number of carbonyl (C=O) groups is 1. The molecular formula is C14H14ClN3O. The number of aryl methyl sites for hydroxylation is 1. The van der Waals surface area contributed by atoms with Crippen molar-refractivity contribution in [2.45, 2.75) is 13.3 Å². The van der Waals surface area contributed by atoms with Gasteiger partial charge in [-0.15, -0.1) is 0 Å². The second kappa shape index (κ2) is 5.71.